The zero-order valence-corrected chi connectivity index (χ0v) is 14.3. The second kappa shape index (κ2) is 6.69. The summed E-state index contributed by atoms with van der Waals surface area (Å²) < 4.78 is 45.7. The number of halogens is 3. The molecule has 0 spiro atoms. The topological polar surface area (TPSA) is 99.2 Å². The molecule has 0 atom stereocenters. The number of hydrogen-bond donors (Lipinski definition) is 2. The Kier molecular flexibility index (Phi) is 4.68. The van der Waals surface area contributed by atoms with Gasteiger partial charge in [-0.05, 0) is 44.0 Å². The van der Waals surface area contributed by atoms with Crippen LogP contribution in [0.15, 0.2) is 30.5 Å². The summed E-state index contributed by atoms with van der Waals surface area (Å²) in [6, 6.07) is 5.57. The average molecular weight is 382 g/mol. The van der Waals surface area contributed by atoms with E-state index < -0.39 is 28.9 Å². The van der Waals surface area contributed by atoms with Crippen molar-refractivity contribution >= 4 is 17.6 Å². The fraction of sp³-hybridized carbons (Fsp3) is 0.353. The first-order valence-corrected chi connectivity index (χ1v) is 8.19. The van der Waals surface area contributed by atoms with Crippen molar-refractivity contribution in [2.75, 3.05) is 11.9 Å². The van der Waals surface area contributed by atoms with Gasteiger partial charge in [0.1, 0.15) is 5.56 Å². The molecule has 3 N–H and O–H groups in total. The number of benzene rings is 1. The molecular weight excluding hydrogens is 365 g/mol. The number of amides is 1. The molecule has 1 aliphatic rings. The van der Waals surface area contributed by atoms with Gasteiger partial charge in [-0.2, -0.15) is 18.3 Å². The third-order valence-electron chi connectivity index (χ3n) is 4.14. The van der Waals surface area contributed by atoms with Crippen LogP contribution in [0.2, 0.25) is 0 Å². The molecule has 7 nitrogen and oxygen atoms in total. The van der Waals surface area contributed by atoms with Gasteiger partial charge < -0.3 is 15.8 Å². The van der Waals surface area contributed by atoms with E-state index in [0.29, 0.717) is 23.2 Å². The summed E-state index contributed by atoms with van der Waals surface area (Å²) in [6.45, 7) is 1.44. The van der Waals surface area contributed by atoms with Gasteiger partial charge in [0.2, 0.25) is 5.91 Å². The van der Waals surface area contributed by atoms with E-state index in [2.05, 4.69) is 15.2 Å². The van der Waals surface area contributed by atoms with Crippen molar-refractivity contribution in [3.8, 4) is 5.69 Å². The summed E-state index contributed by atoms with van der Waals surface area (Å²) in [5.41, 5.74) is 3.50. The number of ether oxygens (including phenoxy) is 1. The SMILES string of the molecule is CCOC(=O)c1cnn(-c2ccc(NC(=O)C3(N)CC3)cc2)c1C(F)(F)F. The molecule has 1 heterocycles. The summed E-state index contributed by atoms with van der Waals surface area (Å²) in [5.74, 6) is -1.44. The minimum atomic E-state index is -4.82. The standard InChI is InChI=1S/C17H17F3N4O3/c1-2-27-14(25)12-9-22-24(13(12)17(18,19)20)11-5-3-10(4-6-11)23-15(26)16(21)7-8-16/h3-6,9H,2,7-8,21H2,1H3,(H,23,26). The normalized spacial score (nSPS) is 15.3. The van der Waals surface area contributed by atoms with Crippen LogP contribution in [0.3, 0.4) is 0 Å². The van der Waals surface area contributed by atoms with Gasteiger partial charge in [-0.1, -0.05) is 0 Å². The molecule has 1 aromatic heterocycles. The van der Waals surface area contributed by atoms with E-state index in [9.17, 15) is 22.8 Å². The van der Waals surface area contributed by atoms with Gasteiger partial charge in [0, 0.05) is 5.69 Å². The van der Waals surface area contributed by atoms with Crippen molar-refractivity contribution in [1.82, 2.24) is 9.78 Å². The van der Waals surface area contributed by atoms with Crippen molar-refractivity contribution in [2.45, 2.75) is 31.5 Å². The Hall–Kier alpha value is -2.88. The molecule has 1 amide bonds. The van der Waals surface area contributed by atoms with Crippen molar-refractivity contribution in [3.05, 3.63) is 41.7 Å². The van der Waals surface area contributed by atoms with Crippen LogP contribution in [-0.4, -0.2) is 33.8 Å². The quantitative estimate of drug-likeness (QED) is 0.774. The lowest BCUT2D eigenvalue weighted by Gasteiger charge is -2.13. The van der Waals surface area contributed by atoms with Crippen molar-refractivity contribution in [2.24, 2.45) is 5.73 Å². The Morgan fingerprint density at radius 1 is 1.30 bits per heavy atom. The van der Waals surface area contributed by atoms with Crippen molar-refractivity contribution in [1.29, 1.82) is 0 Å². The van der Waals surface area contributed by atoms with Crippen LogP contribution in [0.4, 0.5) is 18.9 Å². The first-order chi connectivity index (χ1) is 12.7. The predicted octanol–water partition coefficient (Wildman–Crippen LogP) is 2.50. The first-order valence-electron chi connectivity index (χ1n) is 8.19. The lowest BCUT2D eigenvalue weighted by Crippen LogP contribution is -2.37. The van der Waals surface area contributed by atoms with E-state index >= 15 is 0 Å². The van der Waals surface area contributed by atoms with Crippen LogP contribution in [-0.2, 0) is 15.7 Å². The molecule has 2 aromatic rings. The molecule has 0 radical (unpaired) electrons. The van der Waals surface area contributed by atoms with Crippen LogP contribution in [0.25, 0.3) is 5.69 Å². The van der Waals surface area contributed by atoms with Crippen LogP contribution in [0.5, 0.6) is 0 Å². The molecule has 1 aromatic carbocycles. The molecule has 0 bridgehead atoms. The van der Waals surface area contributed by atoms with Gasteiger partial charge in [-0.15, -0.1) is 0 Å². The predicted molar refractivity (Wildman–Crippen MR) is 89.3 cm³/mol. The summed E-state index contributed by atoms with van der Waals surface area (Å²) in [4.78, 5) is 23.7. The molecular formula is C17H17F3N4O3. The Balaban J connectivity index is 1.89. The number of hydrogen-bond acceptors (Lipinski definition) is 5. The average Bonchev–Trinajstić information content (AvgIpc) is 3.19. The summed E-state index contributed by atoms with van der Waals surface area (Å²) in [5, 5.41) is 6.30. The van der Waals surface area contributed by atoms with Gasteiger partial charge in [-0.3, -0.25) is 4.79 Å². The van der Waals surface area contributed by atoms with Crippen LogP contribution < -0.4 is 11.1 Å². The number of rotatable bonds is 5. The van der Waals surface area contributed by atoms with E-state index in [1.807, 2.05) is 0 Å². The minimum absolute atomic E-state index is 0.0572. The summed E-state index contributed by atoms with van der Waals surface area (Å²) in [6.07, 6.45) is -2.81. The molecule has 1 aliphatic carbocycles. The highest BCUT2D eigenvalue weighted by atomic mass is 19.4. The third kappa shape index (κ3) is 3.80. The largest absolute Gasteiger partial charge is 0.462 e. The number of carbonyl (C=O) groups excluding carboxylic acids is 2. The highest BCUT2D eigenvalue weighted by Crippen LogP contribution is 2.35. The first kappa shape index (κ1) is 18.9. The number of nitrogens with zero attached hydrogens (tertiary/aromatic N) is 2. The molecule has 1 saturated carbocycles. The molecule has 0 unspecified atom stereocenters. The molecule has 1 fully saturated rings. The highest BCUT2D eigenvalue weighted by Gasteiger charge is 2.46. The maximum absolute atomic E-state index is 13.5. The molecule has 10 heteroatoms. The highest BCUT2D eigenvalue weighted by molar-refractivity contribution is 6.00. The smallest absolute Gasteiger partial charge is 0.434 e. The summed E-state index contributed by atoms with van der Waals surface area (Å²) in [7, 11) is 0. The van der Waals surface area contributed by atoms with Crippen LogP contribution in [0, 0.1) is 0 Å². The molecule has 144 valence electrons. The van der Waals surface area contributed by atoms with Crippen molar-refractivity contribution < 1.29 is 27.5 Å². The van der Waals surface area contributed by atoms with Crippen LogP contribution in [0.1, 0.15) is 35.8 Å². The monoisotopic (exact) mass is 382 g/mol. The lowest BCUT2D eigenvalue weighted by atomic mass is 10.2. The maximum atomic E-state index is 13.5. The number of carbonyl (C=O) groups is 2. The molecule has 0 aliphatic heterocycles. The summed E-state index contributed by atoms with van der Waals surface area (Å²) >= 11 is 0. The minimum Gasteiger partial charge on any atom is -0.462 e. The number of nitrogens with one attached hydrogen (secondary N) is 1. The number of alkyl halides is 3. The Labute approximate surface area is 152 Å². The van der Waals surface area contributed by atoms with E-state index in [4.69, 9.17) is 5.73 Å². The second-order valence-corrected chi connectivity index (χ2v) is 6.19. The fourth-order valence-electron chi connectivity index (χ4n) is 2.48. The van der Waals surface area contributed by atoms with E-state index in [1.165, 1.54) is 31.2 Å². The zero-order chi connectivity index (χ0) is 19.8. The Morgan fingerprint density at radius 2 is 1.93 bits per heavy atom. The third-order valence-corrected chi connectivity index (χ3v) is 4.14. The van der Waals surface area contributed by atoms with Gasteiger partial charge in [0.15, 0.2) is 5.69 Å². The van der Waals surface area contributed by atoms with Gasteiger partial charge in [-0.25, -0.2) is 9.48 Å². The fourth-order valence-corrected chi connectivity index (χ4v) is 2.48. The number of nitrogens with two attached hydrogens (primary N) is 1. The maximum Gasteiger partial charge on any atom is 0.434 e. The second-order valence-electron chi connectivity index (χ2n) is 6.19. The Bertz CT molecular complexity index is 871. The van der Waals surface area contributed by atoms with E-state index in [0.717, 1.165) is 6.20 Å². The number of aromatic nitrogens is 2. The van der Waals surface area contributed by atoms with Crippen molar-refractivity contribution in [3.63, 3.8) is 0 Å². The molecule has 0 saturated heterocycles. The number of esters is 1. The molecule has 3 rings (SSSR count). The van der Waals surface area contributed by atoms with E-state index in [-0.39, 0.29) is 18.2 Å². The van der Waals surface area contributed by atoms with Gasteiger partial charge in [0.05, 0.1) is 24.0 Å². The van der Waals surface area contributed by atoms with Crippen LogP contribution >= 0.6 is 0 Å². The van der Waals surface area contributed by atoms with Gasteiger partial charge >= 0.3 is 12.1 Å². The lowest BCUT2D eigenvalue weighted by molar-refractivity contribution is -0.143. The van der Waals surface area contributed by atoms with E-state index in [1.54, 1.807) is 0 Å². The Morgan fingerprint density at radius 3 is 2.44 bits per heavy atom. The zero-order valence-electron chi connectivity index (χ0n) is 14.3. The molecule has 27 heavy (non-hydrogen) atoms. The van der Waals surface area contributed by atoms with Gasteiger partial charge in [0.25, 0.3) is 0 Å². The number of anilines is 1.